The maximum absolute atomic E-state index is 15.8. The Kier molecular flexibility index (Phi) is 10.3. The van der Waals surface area contributed by atoms with Gasteiger partial charge in [-0.05, 0) is 80.7 Å². The van der Waals surface area contributed by atoms with Gasteiger partial charge in [-0.15, -0.1) is 11.8 Å². The van der Waals surface area contributed by atoms with Gasteiger partial charge in [0.1, 0.15) is 28.9 Å². The third kappa shape index (κ3) is 7.04. The number of fused-ring (bicyclic) bond motifs is 8. The van der Waals surface area contributed by atoms with Crippen LogP contribution in [-0.4, -0.2) is 44.8 Å². The van der Waals surface area contributed by atoms with Crippen molar-refractivity contribution >= 4 is 34.9 Å². The number of hydrogen-bond acceptors (Lipinski definition) is 6. The SMILES string of the molecule is CCOC(=O)C1Cc2c(c(F)cc3[nH]ccc23)Oc2ccc(F)c(c2)-c2ncc([nH]2)C(C)(c2cccc(CCC=O)c2)CCCCCS1. The Labute approximate surface area is 282 Å². The van der Waals surface area contributed by atoms with Crippen LogP contribution in [0.25, 0.3) is 22.3 Å². The number of aromatic amines is 2. The van der Waals surface area contributed by atoms with E-state index in [0.717, 1.165) is 59.9 Å². The van der Waals surface area contributed by atoms with Gasteiger partial charge in [0.05, 0.1) is 12.2 Å². The Balaban J connectivity index is 1.44. The van der Waals surface area contributed by atoms with Crippen molar-refractivity contribution in [3.8, 4) is 22.9 Å². The molecule has 0 aliphatic carbocycles. The summed E-state index contributed by atoms with van der Waals surface area (Å²) in [5.41, 5.74) is 3.81. The third-order valence-electron chi connectivity index (χ3n) is 9.14. The zero-order chi connectivity index (χ0) is 33.7. The van der Waals surface area contributed by atoms with E-state index in [2.05, 4.69) is 34.0 Å². The van der Waals surface area contributed by atoms with Gasteiger partial charge in [0.15, 0.2) is 11.6 Å². The van der Waals surface area contributed by atoms with Crippen molar-refractivity contribution in [2.75, 3.05) is 12.4 Å². The highest BCUT2D eigenvalue weighted by atomic mass is 32.2. The van der Waals surface area contributed by atoms with Gasteiger partial charge in [-0.2, -0.15) is 0 Å². The molecule has 0 spiro atoms. The Hall–Kier alpha value is -4.44. The number of benzene rings is 3. The summed E-state index contributed by atoms with van der Waals surface area (Å²) in [6.07, 6.45) is 9.16. The fourth-order valence-corrected chi connectivity index (χ4v) is 7.63. The number of ether oxygens (including phenoxy) is 2. The van der Waals surface area contributed by atoms with Gasteiger partial charge in [0.25, 0.3) is 0 Å². The van der Waals surface area contributed by atoms with Crippen LogP contribution in [0.1, 0.15) is 68.3 Å². The quantitative estimate of drug-likeness (QED) is 0.138. The van der Waals surface area contributed by atoms with Crippen LogP contribution in [0.2, 0.25) is 0 Å². The number of nitrogens with zero attached hydrogens (tertiary/aromatic N) is 1. The van der Waals surface area contributed by atoms with Crippen molar-refractivity contribution in [3.63, 3.8) is 0 Å². The summed E-state index contributed by atoms with van der Waals surface area (Å²) in [7, 11) is 0. The van der Waals surface area contributed by atoms with E-state index in [1.165, 1.54) is 36.0 Å². The molecular weight excluding hydrogens is 632 g/mol. The number of nitrogens with one attached hydrogen (secondary N) is 2. The van der Waals surface area contributed by atoms with Crippen molar-refractivity contribution in [1.82, 2.24) is 15.0 Å². The normalized spacial score (nSPS) is 18.7. The van der Waals surface area contributed by atoms with Gasteiger partial charge in [-0.3, -0.25) is 4.79 Å². The predicted molar refractivity (Wildman–Crippen MR) is 185 cm³/mol. The molecule has 2 atom stereocenters. The molecule has 0 radical (unpaired) electrons. The van der Waals surface area contributed by atoms with Gasteiger partial charge in [-0.25, -0.2) is 13.8 Å². The number of aryl methyl sites for hydroxylation is 1. The van der Waals surface area contributed by atoms with E-state index in [4.69, 9.17) is 9.47 Å². The molecule has 1 aliphatic rings. The summed E-state index contributed by atoms with van der Waals surface area (Å²) in [5.74, 6) is -0.189. The summed E-state index contributed by atoms with van der Waals surface area (Å²) < 4.78 is 42.9. The molecule has 3 heterocycles. The lowest BCUT2D eigenvalue weighted by Crippen LogP contribution is -2.25. The summed E-state index contributed by atoms with van der Waals surface area (Å²) in [5, 5.41) is 0.164. The lowest BCUT2D eigenvalue weighted by molar-refractivity contribution is -0.142. The fraction of sp³-hybridized carbons (Fsp3) is 0.342. The van der Waals surface area contributed by atoms with Crippen molar-refractivity contribution < 1.29 is 27.8 Å². The van der Waals surface area contributed by atoms with Crippen LogP contribution in [0.3, 0.4) is 0 Å². The van der Waals surface area contributed by atoms with E-state index in [-0.39, 0.29) is 36.1 Å². The van der Waals surface area contributed by atoms with Gasteiger partial charge in [0, 0.05) is 52.5 Å². The minimum absolute atomic E-state index is 0.0159. The van der Waals surface area contributed by atoms with Crippen molar-refractivity contribution in [2.24, 2.45) is 0 Å². The first-order valence-corrected chi connectivity index (χ1v) is 17.5. The molecule has 2 aromatic heterocycles. The summed E-state index contributed by atoms with van der Waals surface area (Å²) in [6.45, 7) is 4.17. The monoisotopic (exact) mass is 671 g/mol. The highest BCUT2D eigenvalue weighted by Crippen LogP contribution is 2.40. The van der Waals surface area contributed by atoms with Crippen molar-refractivity contribution in [3.05, 3.63) is 101 Å². The molecule has 0 amide bonds. The van der Waals surface area contributed by atoms with Crippen LogP contribution in [0.5, 0.6) is 11.5 Å². The number of imidazole rings is 1. The predicted octanol–water partition coefficient (Wildman–Crippen LogP) is 8.85. The summed E-state index contributed by atoms with van der Waals surface area (Å²) in [6, 6.07) is 15.7. The summed E-state index contributed by atoms with van der Waals surface area (Å²) >= 11 is 1.51. The first kappa shape index (κ1) is 33.5. The smallest absolute Gasteiger partial charge is 0.319 e. The zero-order valence-electron chi connectivity index (χ0n) is 27.1. The minimum Gasteiger partial charge on any atom is -0.465 e. The molecule has 0 saturated heterocycles. The zero-order valence-corrected chi connectivity index (χ0v) is 27.9. The lowest BCUT2D eigenvalue weighted by Gasteiger charge is -2.30. The second-order valence-corrected chi connectivity index (χ2v) is 13.7. The number of H-pyrrole nitrogens is 2. The third-order valence-corrected chi connectivity index (χ3v) is 10.4. The molecule has 250 valence electrons. The van der Waals surface area contributed by atoms with Crippen LogP contribution >= 0.6 is 11.8 Å². The number of esters is 1. The number of aldehydes is 1. The Morgan fingerprint density at radius 2 is 2.00 bits per heavy atom. The molecule has 2 N–H and O–H groups in total. The van der Waals surface area contributed by atoms with E-state index in [1.54, 1.807) is 19.3 Å². The Bertz CT molecular complexity index is 1920. The van der Waals surface area contributed by atoms with Gasteiger partial charge >= 0.3 is 5.97 Å². The highest BCUT2D eigenvalue weighted by molar-refractivity contribution is 8.00. The Morgan fingerprint density at radius 3 is 2.83 bits per heavy atom. The van der Waals surface area contributed by atoms with Crippen LogP contribution in [0.4, 0.5) is 8.78 Å². The molecule has 4 bridgehead atoms. The standard InChI is InChI=1S/C38H39F2N3O4S/c1-3-46-37(45)33-21-28-27-14-16-41-32(27)22-31(40)35(28)47-26-12-13-30(39)29(20-26)36-42-23-34(43-36)38(2,15-5-4-6-18-48-33)25-11-7-9-24(19-25)10-8-17-44/h7,9,11-14,16-17,19-20,22-23,33,41H,3-6,8,10,15,18,21H2,1-2H3,(H,42,43). The molecule has 3 aromatic carbocycles. The molecular formula is C38H39F2N3O4S. The average Bonchev–Trinajstić information content (AvgIpc) is 3.77. The van der Waals surface area contributed by atoms with Crippen LogP contribution in [0, 0.1) is 11.6 Å². The summed E-state index contributed by atoms with van der Waals surface area (Å²) in [4.78, 5) is 35.4. The second kappa shape index (κ2) is 14.8. The van der Waals surface area contributed by atoms with E-state index < -0.39 is 22.3 Å². The van der Waals surface area contributed by atoms with Gasteiger partial charge < -0.3 is 24.2 Å². The molecule has 48 heavy (non-hydrogen) atoms. The van der Waals surface area contributed by atoms with E-state index in [1.807, 2.05) is 18.2 Å². The molecule has 6 rings (SSSR count). The molecule has 10 heteroatoms. The first-order valence-electron chi connectivity index (χ1n) is 16.4. The highest BCUT2D eigenvalue weighted by Gasteiger charge is 2.32. The van der Waals surface area contributed by atoms with E-state index in [0.29, 0.717) is 29.7 Å². The van der Waals surface area contributed by atoms with Crippen LogP contribution < -0.4 is 4.74 Å². The van der Waals surface area contributed by atoms with E-state index >= 15 is 8.78 Å². The maximum Gasteiger partial charge on any atom is 0.319 e. The first-order chi connectivity index (χ1) is 23.3. The molecule has 1 aliphatic heterocycles. The number of rotatable bonds is 6. The largest absolute Gasteiger partial charge is 0.465 e. The van der Waals surface area contributed by atoms with Crippen LogP contribution in [0.15, 0.2) is 67.0 Å². The van der Waals surface area contributed by atoms with Crippen molar-refractivity contribution in [2.45, 2.75) is 69.5 Å². The number of hydrogen-bond donors (Lipinski definition) is 2. The number of carbonyl (C=O) groups is 2. The topological polar surface area (TPSA) is 97.1 Å². The minimum atomic E-state index is -0.598. The number of carbonyl (C=O) groups excluding carboxylic acids is 2. The second-order valence-electron chi connectivity index (χ2n) is 12.4. The maximum atomic E-state index is 15.8. The molecule has 0 saturated carbocycles. The molecule has 7 nitrogen and oxygen atoms in total. The number of thioether (sulfide) groups is 1. The van der Waals surface area contributed by atoms with E-state index in [9.17, 15) is 9.59 Å². The fourth-order valence-electron chi connectivity index (χ4n) is 6.49. The molecule has 0 fully saturated rings. The van der Waals surface area contributed by atoms with Gasteiger partial charge in [-0.1, -0.05) is 37.1 Å². The Morgan fingerprint density at radius 1 is 1.12 bits per heavy atom. The van der Waals surface area contributed by atoms with Gasteiger partial charge in [0.2, 0.25) is 0 Å². The number of halogens is 2. The lowest BCUT2D eigenvalue weighted by atomic mass is 9.75. The molecule has 2 unspecified atom stereocenters. The molecule has 5 aromatic rings. The average molecular weight is 672 g/mol. The number of aromatic nitrogens is 3. The van der Waals surface area contributed by atoms with Crippen LogP contribution in [-0.2, 0) is 32.6 Å². The van der Waals surface area contributed by atoms with Crippen molar-refractivity contribution in [1.29, 1.82) is 0 Å².